The molecule has 1 fully saturated rings. The van der Waals surface area contributed by atoms with Gasteiger partial charge in [-0.15, -0.1) is 0 Å². The molecular formula is C22H20N2O6. The average molecular weight is 408 g/mol. The van der Waals surface area contributed by atoms with Crippen LogP contribution in [0.5, 0.6) is 23.0 Å². The average Bonchev–Trinajstić information content (AvgIpc) is 3.56. The highest BCUT2D eigenvalue weighted by molar-refractivity contribution is 5.98. The number of aromatic nitrogens is 1. The van der Waals surface area contributed by atoms with E-state index < -0.39 is 17.8 Å². The van der Waals surface area contributed by atoms with E-state index in [1.165, 1.54) is 0 Å². The maximum absolute atomic E-state index is 12.1. The normalized spacial score (nSPS) is 17.3. The van der Waals surface area contributed by atoms with Gasteiger partial charge in [0.15, 0.2) is 11.5 Å². The molecule has 8 nitrogen and oxygen atoms in total. The number of carboxylic acid groups (broad SMARTS) is 1. The van der Waals surface area contributed by atoms with Gasteiger partial charge in [0.05, 0.1) is 31.6 Å². The molecule has 154 valence electrons. The van der Waals surface area contributed by atoms with Crippen LogP contribution in [0.4, 0.5) is 5.69 Å². The summed E-state index contributed by atoms with van der Waals surface area (Å²) in [4.78, 5) is 27.3. The number of carbonyl (C=O) groups is 2. The van der Waals surface area contributed by atoms with Crippen LogP contribution in [-0.4, -0.2) is 36.2 Å². The van der Waals surface area contributed by atoms with Gasteiger partial charge >= 0.3 is 5.97 Å². The van der Waals surface area contributed by atoms with E-state index in [-0.39, 0.29) is 5.91 Å². The zero-order valence-corrected chi connectivity index (χ0v) is 16.4. The minimum atomic E-state index is -0.933. The van der Waals surface area contributed by atoms with E-state index in [9.17, 15) is 9.59 Å². The van der Waals surface area contributed by atoms with Gasteiger partial charge in [0.2, 0.25) is 5.91 Å². The van der Waals surface area contributed by atoms with Gasteiger partial charge in [0.25, 0.3) is 0 Å². The van der Waals surface area contributed by atoms with Crippen molar-refractivity contribution in [3.05, 3.63) is 48.7 Å². The molecule has 1 aliphatic carbocycles. The Kier molecular flexibility index (Phi) is 5.14. The van der Waals surface area contributed by atoms with Gasteiger partial charge in [0, 0.05) is 23.3 Å². The molecule has 2 aromatic carbocycles. The Morgan fingerprint density at radius 2 is 1.70 bits per heavy atom. The second kappa shape index (κ2) is 7.90. The van der Waals surface area contributed by atoms with Crippen LogP contribution in [0.1, 0.15) is 6.42 Å². The summed E-state index contributed by atoms with van der Waals surface area (Å²) in [6, 6.07) is 12.2. The fourth-order valence-corrected chi connectivity index (χ4v) is 3.26. The number of nitrogens with one attached hydrogen (secondary N) is 1. The van der Waals surface area contributed by atoms with Crippen LogP contribution < -0.4 is 19.5 Å². The second-order valence-corrected chi connectivity index (χ2v) is 6.94. The minimum absolute atomic E-state index is 0.280. The third-order valence-corrected chi connectivity index (χ3v) is 5.00. The molecule has 0 saturated heterocycles. The van der Waals surface area contributed by atoms with Crippen LogP contribution in [0.2, 0.25) is 0 Å². The van der Waals surface area contributed by atoms with Crippen LogP contribution in [0.3, 0.4) is 0 Å². The second-order valence-electron chi connectivity index (χ2n) is 6.94. The highest BCUT2D eigenvalue weighted by Crippen LogP contribution is 2.40. The highest BCUT2D eigenvalue weighted by atomic mass is 16.5. The lowest BCUT2D eigenvalue weighted by atomic mass is 10.2. The smallest absolute Gasteiger partial charge is 0.307 e. The van der Waals surface area contributed by atoms with Gasteiger partial charge in [-0.05, 0) is 42.8 Å². The molecule has 0 bridgehead atoms. The summed E-state index contributed by atoms with van der Waals surface area (Å²) < 4.78 is 16.7. The first-order valence-corrected chi connectivity index (χ1v) is 9.32. The first-order chi connectivity index (χ1) is 14.5. The first-order valence-electron chi connectivity index (χ1n) is 9.32. The number of methoxy groups -OCH3 is 2. The van der Waals surface area contributed by atoms with Crippen LogP contribution in [0, 0.1) is 11.8 Å². The number of hydrogen-bond donors (Lipinski definition) is 2. The molecule has 1 amide bonds. The number of pyridine rings is 1. The molecule has 2 N–H and O–H groups in total. The summed E-state index contributed by atoms with van der Waals surface area (Å²) in [5.74, 6) is 0.0630. The molecule has 1 heterocycles. The van der Waals surface area contributed by atoms with Crippen molar-refractivity contribution in [2.24, 2.45) is 11.8 Å². The topological polar surface area (TPSA) is 107 Å². The molecule has 0 aliphatic heterocycles. The molecule has 1 saturated carbocycles. The van der Waals surface area contributed by atoms with E-state index in [0.29, 0.717) is 40.6 Å². The molecule has 0 radical (unpaired) electrons. The summed E-state index contributed by atoms with van der Waals surface area (Å²) in [6.45, 7) is 0. The molecule has 8 heteroatoms. The Hall–Kier alpha value is -3.81. The SMILES string of the molecule is COc1cc2nccc(Oc3ccc(NC(=O)C4CC4C(=O)O)cc3)c2cc1OC. The quantitative estimate of drug-likeness (QED) is 0.614. The minimum Gasteiger partial charge on any atom is -0.493 e. The number of carboxylic acids is 1. The fraction of sp³-hybridized carbons (Fsp3) is 0.227. The number of amides is 1. The van der Waals surface area contributed by atoms with E-state index >= 15 is 0 Å². The van der Waals surface area contributed by atoms with E-state index in [2.05, 4.69) is 10.3 Å². The first kappa shape index (κ1) is 19.5. The Morgan fingerprint density at radius 1 is 1.00 bits per heavy atom. The number of anilines is 1. The van der Waals surface area contributed by atoms with Gasteiger partial charge in [0.1, 0.15) is 11.5 Å². The highest BCUT2D eigenvalue weighted by Gasteiger charge is 2.48. The number of benzene rings is 2. The number of aliphatic carboxylic acids is 1. The van der Waals surface area contributed by atoms with Gasteiger partial charge in [-0.2, -0.15) is 0 Å². The Bertz CT molecular complexity index is 1110. The van der Waals surface area contributed by atoms with Gasteiger partial charge < -0.3 is 24.6 Å². The zero-order valence-electron chi connectivity index (χ0n) is 16.4. The number of ether oxygens (including phenoxy) is 3. The summed E-state index contributed by atoms with van der Waals surface area (Å²) >= 11 is 0. The summed E-state index contributed by atoms with van der Waals surface area (Å²) in [7, 11) is 3.13. The van der Waals surface area contributed by atoms with Crippen molar-refractivity contribution in [2.75, 3.05) is 19.5 Å². The number of nitrogens with zero attached hydrogens (tertiary/aromatic N) is 1. The molecule has 4 rings (SSSR count). The number of fused-ring (bicyclic) bond motifs is 1. The monoisotopic (exact) mass is 408 g/mol. The predicted octanol–water partition coefficient (Wildman–Crippen LogP) is 3.70. The van der Waals surface area contributed by atoms with Crippen LogP contribution in [0.15, 0.2) is 48.7 Å². The lowest BCUT2D eigenvalue weighted by Crippen LogP contribution is -2.16. The number of rotatable bonds is 7. The van der Waals surface area contributed by atoms with Crippen LogP contribution in [0.25, 0.3) is 10.9 Å². The van der Waals surface area contributed by atoms with Gasteiger partial charge in [-0.1, -0.05) is 0 Å². The van der Waals surface area contributed by atoms with Gasteiger partial charge in [-0.25, -0.2) is 0 Å². The fourth-order valence-electron chi connectivity index (χ4n) is 3.26. The largest absolute Gasteiger partial charge is 0.493 e. The third kappa shape index (κ3) is 3.84. The molecule has 1 aromatic heterocycles. The summed E-state index contributed by atoms with van der Waals surface area (Å²) in [5.41, 5.74) is 1.28. The number of hydrogen-bond acceptors (Lipinski definition) is 6. The van der Waals surface area contributed by atoms with Crippen molar-refractivity contribution in [3.63, 3.8) is 0 Å². The van der Waals surface area contributed by atoms with Crippen molar-refractivity contribution < 1.29 is 28.9 Å². The lowest BCUT2D eigenvalue weighted by molar-refractivity contribution is -0.139. The number of carbonyl (C=O) groups excluding carboxylic acids is 1. The molecular weight excluding hydrogens is 388 g/mol. The molecule has 0 spiro atoms. The maximum Gasteiger partial charge on any atom is 0.307 e. The molecule has 3 aromatic rings. The molecule has 30 heavy (non-hydrogen) atoms. The molecule has 2 atom stereocenters. The Balaban J connectivity index is 1.50. The van der Waals surface area contributed by atoms with Gasteiger partial charge in [-0.3, -0.25) is 14.6 Å². The van der Waals surface area contributed by atoms with Crippen molar-refractivity contribution in [1.29, 1.82) is 0 Å². The van der Waals surface area contributed by atoms with Crippen molar-refractivity contribution >= 4 is 28.5 Å². The maximum atomic E-state index is 12.1. The van der Waals surface area contributed by atoms with E-state index in [1.54, 1.807) is 62.9 Å². The van der Waals surface area contributed by atoms with Crippen molar-refractivity contribution in [3.8, 4) is 23.0 Å². The lowest BCUT2D eigenvalue weighted by Gasteiger charge is -2.12. The molecule has 2 unspecified atom stereocenters. The molecule has 1 aliphatic rings. The Morgan fingerprint density at radius 3 is 2.33 bits per heavy atom. The van der Waals surface area contributed by atoms with Crippen LogP contribution >= 0.6 is 0 Å². The summed E-state index contributed by atoms with van der Waals surface area (Å²) in [5, 5.41) is 12.4. The van der Waals surface area contributed by atoms with E-state index in [4.69, 9.17) is 19.3 Å². The zero-order chi connectivity index (χ0) is 21.3. The van der Waals surface area contributed by atoms with Crippen molar-refractivity contribution in [1.82, 2.24) is 4.98 Å². The van der Waals surface area contributed by atoms with Crippen LogP contribution in [-0.2, 0) is 9.59 Å². The standard InChI is InChI=1S/C22H20N2O6/c1-28-19-10-16-17(11-20(19)29-2)23-8-7-18(16)30-13-5-3-12(4-6-13)24-21(25)14-9-15(14)22(26)27/h3-8,10-11,14-15H,9H2,1-2H3,(H,24,25)(H,26,27). The predicted molar refractivity (Wildman–Crippen MR) is 109 cm³/mol. The Labute approximate surface area is 172 Å². The van der Waals surface area contributed by atoms with E-state index in [1.807, 2.05) is 0 Å². The third-order valence-electron chi connectivity index (χ3n) is 5.00. The van der Waals surface area contributed by atoms with E-state index in [0.717, 1.165) is 5.39 Å². The summed E-state index contributed by atoms with van der Waals surface area (Å²) in [6.07, 6.45) is 2.03. The van der Waals surface area contributed by atoms with Crippen molar-refractivity contribution in [2.45, 2.75) is 6.42 Å².